The lowest BCUT2D eigenvalue weighted by molar-refractivity contribution is 0.221. The third-order valence-corrected chi connectivity index (χ3v) is 8.14. The van der Waals surface area contributed by atoms with E-state index < -0.39 is 9.84 Å². The highest BCUT2D eigenvalue weighted by Gasteiger charge is 2.23. The van der Waals surface area contributed by atoms with Crippen LogP contribution in [-0.4, -0.2) is 62.0 Å². The van der Waals surface area contributed by atoms with Gasteiger partial charge in [-0.05, 0) is 83.0 Å². The van der Waals surface area contributed by atoms with Crippen LogP contribution in [0.25, 0.3) is 10.9 Å². The van der Waals surface area contributed by atoms with Crippen LogP contribution in [0.4, 0.5) is 11.4 Å². The number of sulfone groups is 1. The van der Waals surface area contributed by atoms with Gasteiger partial charge in [0, 0.05) is 42.0 Å². The Labute approximate surface area is 214 Å². The van der Waals surface area contributed by atoms with Crippen LogP contribution in [0.2, 0.25) is 0 Å². The minimum atomic E-state index is -3.37. The standard InChI is InChI=1S/C28H36N4O3S/c1-5-32-22(8-7-17-29-26-16-15-23(19-28(26)33)36(4,34)35)18-24-25(9-6-10-27(24)32)30-20-11-13-21(14-12-20)31(2)3/h6,9-10,15-16,18-21,29-30,33H,5,11-14,17H2,1-4H3. The van der Waals surface area contributed by atoms with Crippen molar-refractivity contribution in [2.45, 2.75) is 56.1 Å². The topological polar surface area (TPSA) is 86.6 Å². The molecular weight excluding hydrogens is 472 g/mol. The highest BCUT2D eigenvalue weighted by Crippen LogP contribution is 2.31. The van der Waals surface area contributed by atoms with Crippen molar-refractivity contribution in [2.75, 3.05) is 37.5 Å². The Kier molecular flexibility index (Phi) is 7.82. The maximum Gasteiger partial charge on any atom is 0.175 e. The van der Waals surface area contributed by atoms with Crippen LogP contribution in [0.5, 0.6) is 5.75 Å². The van der Waals surface area contributed by atoms with Gasteiger partial charge in [0.25, 0.3) is 0 Å². The summed E-state index contributed by atoms with van der Waals surface area (Å²) in [4.78, 5) is 2.42. The molecule has 1 fully saturated rings. The number of nitrogens with zero attached hydrogens (tertiary/aromatic N) is 2. The zero-order valence-corrected chi connectivity index (χ0v) is 22.3. The number of benzene rings is 2. The lowest BCUT2D eigenvalue weighted by atomic mass is 9.90. The number of aryl methyl sites for hydroxylation is 1. The monoisotopic (exact) mass is 508 g/mol. The SMILES string of the molecule is CCn1c(C#CCNc2ccc(S(C)(=O)=O)cc2O)cc2c(NC3CCC(N(C)C)CC3)cccc21. The molecule has 3 aromatic rings. The molecule has 36 heavy (non-hydrogen) atoms. The number of hydrogen-bond donors (Lipinski definition) is 3. The first-order valence-corrected chi connectivity index (χ1v) is 14.4. The molecule has 1 saturated carbocycles. The molecule has 1 aliphatic carbocycles. The molecule has 0 unspecified atom stereocenters. The second kappa shape index (κ2) is 10.9. The summed E-state index contributed by atoms with van der Waals surface area (Å²) in [7, 11) is 0.969. The largest absolute Gasteiger partial charge is 0.506 e. The zero-order valence-electron chi connectivity index (χ0n) is 21.5. The van der Waals surface area contributed by atoms with E-state index in [4.69, 9.17) is 0 Å². The molecule has 3 N–H and O–H groups in total. The number of hydrogen-bond acceptors (Lipinski definition) is 6. The average molecular weight is 509 g/mol. The summed E-state index contributed by atoms with van der Waals surface area (Å²) in [5, 5.41) is 18.2. The first-order chi connectivity index (χ1) is 17.2. The first-order valence-electron chi connectivity index (χ1n) is 12.5. The molecule has 0 radical (unpaired) electrons. The van der Waals surface area contributed by atoms with Gasteiger partial charge in [0.2, 0.25) is 0 Å². The van der Waals surface area contributed by atoms with Gasteiger partial charge in [0.05, 0.1) is 28.3 Å². The van der Waals surface area contributed by atoms with E-state index in [1.165, 1.54) is 43.2 Å². The summed E-state index contributed by atoms with van der Waals surface area (Å²) in [5.74, 6) is 6.29. The van der Waals surface area contributed by atoms with Gasteiger partial charge < -0.3 is 25.2 Å². The van der Waals surface area contributed by atoms with E-state index in [1.54, 1.807) is 6.07 Å². The molecule has 2 aromatic carbocycles. The van der Waals surface area contributed by atoms with Gasteiger partial charge in [-0.2, -0.15) is 0 Å². The minimum Gasteiger partial charge on any atom is -0.506 e. The van der Waals surface area contributed by atoms with Crippen LogP contribution in [0.1, 0.15) is 38.3 Å². The molecule has 1 aliphatic rings. The maximum atomic E-state index is 11.7. The van der Waals surface area contributed by atoms with Gasteiger partial charge in [0.15, 0.2) is 9.84 Å². The number of rotatable bonds is 7. The fraction of sp³-hybridized carbons (Fsp3) is 0.429. The zero-order chi connectivity index (χ0) is 25.9. The van der Waals surface area contributed by atoms with E-state index in [2.05, 4.69) is 77.2 Å². The summed E-state index contributed by atoms with van der Waals surface area (Å²) in [5.41, 5.74) is 3.71. The van der Waals surface area contributed by atoms with E-state index in [0.717, 1.165) is 29.7 Å². The van der Waals surface area contributed by atoms with Gasteiger partial charge in [0.1, 0.15) is 5.75 Å². The Balaban J connectivity index is 1.48. The normalized spacial score (nSPS) is 18.1. The fourth-order valence-electron chi connectivity index (χ4n) is 4.98. The number of phenolic OH excluding ortho intramolecular Hbond substituents is 1. The Bertz CT molecular complexity index is 1390. The number of aromatic nitrogens is 1. The number of fused-ring (bicyclic) bond motifs is 1. The summed E-state index contributed by atoms with van der Waals surface area (Å²) >= 11 is 0. The van der Waals surface area contributed by atoms with Crippen LogP contribution >= 0.6 is 0 Å². The second-order valence-corrected chi connectivity index (χ2v) is 11.7. The molecule has 1 heterocycles. The Hall–Kier alpha value is -3.15. The number of aromatic hydroxyl groups is 1. The second-order valence-electron chi connectivity index (χ2n) is 9.73. The number of nitrogens with one attached hydrogen (secondary N) is 2. The third-order valence-electron chi connectivity index (χ3n) is 7.03. The van der Waals surface area contributed by atoms with E-state index in [-0.39, 0.29) is 10.6 Å². The van der Waals surface area contributed by atoms with Crippen molar-refractivity contribution in [1.29, 1.82) is 0 Å². The smallest absolute Gasteiger partial charge is 0.175 e. The molecule has 1 aromatic heterocycles. The van der Waals surface area contributed by atoms with Gasteiger partial charge in [-0.15, -0.1) is 0 Å². The van der Waals surface area contributed by atoms with E-state index in [1.807, 2.05) is 0 Å². The van der Waals surface area contributed by atoms with Gasteiger partial charge in [-0.3, -0.25) is 0 Å². The third kappa shape index (κ3) is 5.80. The van der Waals surface area contributed by atoms with Gasteiger partial charge in [-0.25, -0.2) is 8.42 Å². The van der Waals surface area contributed by atoms with Gasteiger partial charge in [-0.1, -0.05) is 12.0 Å². The van der Waals surface area contributed by atoms with Crippen LogP contribution < -0.4 is 10.6 Å². The van der Waals surface area contributed by atoms with Crippen molar-refractivity contribution < 1.29 is 13.5 Å². The van der Waals surface area contributed by atoms with Crippen LogP contribution in [0.3, 0.4) is 0 Å². The van der Waals surface area contributed by atoms with Crippen molar-refractivity contribution in [1.82, 2.24) is 9.47 Å². The summed E-state index contributed by atoms with van der Waals surface area (Å²) in [6, 6.07) is 14.0. The Morgan fingerprint density at radius 3 is 2.47 bits per heavy atom. The first kappa shape index (κ1) is 25.9. The fourth-order valence-corrected chi connectivity index (χ4v) is 5.62. The summed E-state index contributed by atoms with van der Waals surface area (Å²) < 4.78 is 25.5. The Morgan fingerprint density at radius 1 is 1.08 bits per heavy atom. The molecule has 0 saturated heterocycles. The van der Waals surface area contributed by atoms with Crippen molar-refractivity contribution >= 4 is 32.1 Å². The van der Waals surface area contributed by atoms with E-state index in [0.29, 0.717) is 24.3 Å². The molecule has 192 valence electrons. The molecule has 0 atom stereocenters. The number of phenols is 1. The lowest BCUT2D eigenvalue weighted by Gasteiger charge is -2.33. The molecular formula is C28H36N4O3S. The van der Waals surface area contributed by atoms with Crippen molar-refractivity contribution in [2.24, 2.45) is 0 Å². The average Bonchev–Trinajstić information content (AvgIpc) is 3.20. The Morgan fingerprint density at radius 2 is 1.83 bits per heavy atom. The predicted molar refractivity (Wildman–Crippen MR) is 148 cm³/mol. The van der Waals surface area contributed by atoms with Crippen molar-refractivity contribution in [3.63, 3.8) is 0 Å². The molecule has 0 aliphatic heterocycles. The van der Waals surface area contributed by atoms with Crippen LogP contribution in [-0.2, 0) is 16.4 Å². The highest BCUT2D eigenvalue weighted by molar-refractivity contribution is 7.90. The number of anilines is 2. The predicted octanol–water partition coefficient (Wildman–Crippen LogP) is 4.52. The highest BCUT2D eigenvalue weighted by atomic mass is 32.2. The van der Waals surface area contributed by atoms with Crippen LogP contribution in [0, 0.1) is 11.8 Å². The van der Waals surface area contributed by atoms with E-state index in [9.17, 15) is 13.5 Å². The van der Waals surface area contributed by atoms with Crippen molar-refractivity contribution in [3.8, 4) is 17.6 Å². The van der Waals surface area contributed by atoms with E-state index >= 15 is 0 Å². The molecule has 0 spiro atoms. The minimum absolute atomic E-state index is 0.0826. The van der Waals surface area contributed by atoms with Gasteiger partial charge >= 0.3 is 0 Å². The maximum absolute atomic E-state index is 11.7. The molecule has 0 amide bonds. The molecule has 4 rings (SSSR count). The molecule has 0 bridgehead atoms. The van der Waals surface area contributed by atoms with Crippen molar-refractivity contribution in [3.05, 3.63) is 48.2 Å². The lowest BCUT2D eigenvalue weighted by Crippen LogP contribution is -2.36. The summed E-state index contributed by atoms with van der Waals surface area (Å²) in [6.07, 6.45) is 5.89. The molecule has 8 heteroatoms. The van der Waals surface area contributed by atoms with Crippen LogP contribution in [0.15, 0.2) is 47.4 Å². The summed E-state index contributed by atoms with van der Waals surface area (Å²) in [6.45, 7) is 3.25. The quantitative estimate of drug-likeness (QED) is 0.321. The molecule has 7 nitrogen and oxygen atoms in total.